The van der Waals surface area contributed by atoms with Crippen molar-refractivity contribution in [2.45, 2.75) is 11.3 Å². The second kappa shape index (κ2) is 8.78. The van der Waals surface area contributed by atoms with Gasteiger partial charge in [-0.25, -0.2) is 12.4 Å². The standard InChI is InChI=1S/C19H17ClF3N3O3S.ClH/c20-13-4-5-18(17(12-13)29-19(21,22)23)30(27,28)26-9-6-14-15(2-1-3-16(14)26)25-10-7-24-8-11-25;/h1-6,9,12,24H,7-8,10-11H2;1H. The fraction of sp³-hybridized carbons (Fsp3) is 0.263. The predicted molar refractivity (Wildman–Crippen MR) is 115 cm³/mol. The molecule has 2 heterocycles. The molecular weight excluding hydrogens is 478 g/mol. The first-order valence-corrected chi connectivity index (χ1v) is 10.9. The predicted octanol–water partition coefficient (Wildman–Crippen LogP) is 4.26. The molecule has 0 unspecified atom stereocenters. The molecule has 12 heteroatoms. The minimum Gasteiger partial charge on any atom is -0.404 e. The number of fused-ring (bicyclic) bond motifs is 1. The lowest BCUT2D eigenvalue weighted by Crippen LogP contribution is -2.43. The van der Waals surface area contributed by atoms with Gasteiger partial charge in [0.25, 0.3) is 10.0 Å². The van der Waals surface area contributed by atoms with Crippen LogP contribution < -0.4 is 15.0 Å². The van der Waals surface area contributed by atoms with E-state index in [4.69, 9.17) is 11.6 Å². The average molecular weight is 496 g/mol. The maximum atomic E-state index is 13.3. The van der Waals surface area contributed by atoms with E-state index in [1.54, 1.807) is 18.2 Å². The van der Waals surface area contributed by atoms with Crippen molar-refractivity contribution in [3.8, 4) is 5.75 Å². The molecule has 6 nitrogen and oxygen atoms in total. The van der Waals surface area contributed by atoms with E-state index in [1.807, 2.05) is 6.07 Å². The number of benzene rings is 2. The second-order valence-corrected chi connectivity index (χ2v) is 8.92. The van der Waals surface area contributed by atoms with E-state index in [0.717, 1.165) is 48.0 Å². The van der Waals surface area contributed by atoms with Crippen LogP contribution in [0.3, 0.4) is 0 Å². The number of piperazine rings is 1. The smallest absolute Gasteiger partial charge is 0.404 e. The molecule has 0 bridgehead atoms. The van der Waals surface area contributed by atoms with Gasteiger partial charge in [0.1, 0.15) is 4.90 Å². The molecule has 2 aromatic carbocycles. The van der Waals surface area contributed by atoms with Gasteiger partial charge < -0.3 is 15.0 Å². The number of hydrogen-bond acceptors (Lipinski definition) is 5. The minimum atomic E-state index is -5.07. The third-order valence-electron chi connectivity index (χ3n) is 4.80. The maximum Gasteiger partial charge on any atom is 0.573 e. The molecule has 0 aliphatic carbocycles. The molecule has 1 fully saturated rings. The molecule has 1 saturated heterocycles. The van der Waals surface area contributed by atoms with Crippen molar-refractivity contribution >= 4 is 50.6 Å². The molecule has 0 atom stereocenters. The van der Waals surface area contributed by atoms with Crippen molar-refractivity contribution in [3.05, 3.63) is 53.7 Å². The lowest BCUT2D eigenvalue weighted by molar-refractivity contribution is -0.275. The van der Waals surface area contributed by atoms with Crippen LogP contribution >= 0.6 is 24.0 Å². The number of anilines is 1. The summed E-state index contributed by atoms with van der Waals surface area (Å²) in [6, 6.07) is 9.91. The summed E-state index contributed by atoms with van der Waals surface area (Å²) in [5.41, 5.74) is 1.23. The highest BCUT2D eigenvalue weighted by Gasteiger charge is 2.35. The number of hydrogen-bond donors (Lipinski definition) is 1. The van der Waals surface area contributed by atoms with E-state index in [-0.39, 0.29) is 17.4 Å². The second-order valence-electron chi connectivity index (χ2n) is 6.70. The highest BCUT2D eigenvalue weighted by atomic mass is 35.5. The summed E-state index contributed by atoms with van der Waals surface area (Å²) in [6.45, 7) is 3.13. The van der Waals surface area contributed by atoms with Gasteiger partial charge in [0, 0.05) is 54.5 Å². The zero-order valence-corrected chi connectivity index (χ0v) is 18.3. The third kappa shape index (κ3) is 4.72. The minimum absolute atomic E-state index is 0. The van der Waals surface area contributed by atoms with Gasteiger partial charge in [0.2, 0.25) is 0 Å². The summed E-state index contributed by atoms with van der Waals surface area (Å²) >= 11 is 5.76. The van der Waals surface area contributed by atoms with Crippen LogP contribution in [0.25, 0.3) is 10.9 Å². The Morgan fingerprint density at radius 2 is 1.77 bits per heavy atom. The summed E-state index contributed by atoms with van der Waals surface area (Å²) in [5.74, 6) is -0.880. The van der Waals surface area contributed by atoms with Gasteiger partial charge in [-0.1, -0.05) is 17.7 Å². The maximum absolute atomic E-state index is 13.3. The topological polar surface area (TPSA) is 63.6 Å². The number of nitrogens with zero attached hydrogens (tertiary/aromatic N) is 2. The Bertz CT molecular complexity index is 1190. The molecule has 0 spiro atoms. The first kappa shape index (κ1) is 23.5. The van der Waals surface area contributed by atoms with Crippen molar-refractivity contribution < 1.29 is 26.3 Å². The Hall–Kier alpha value is -2.14. The van der Waals surface area contributed by atoms with Gasteiger partial charge in [-0.05, 0) is 30.3 Å². The van der Waals surface area contributed by atoms with Gasteiger partial charge in [0.15, 0.2) is 5.75 Å². The van der Waals surface area contributed by atoms with Crippen LogP contribution in [0.5, 0.6) is 5.75 Å². The normalized spacial score (nSPS) is 15.0. The van der Waals surface area contributed by atoms with Gasteiger partial charge in [-0.3, -0.25) is 0 Å². The fourth-order valence-electron chi connectivity index (χ4n) is 3.52. The van der Waals surface area contributed by atoms with Gasteiger partial charge in [-0.2, -0.15) is 0 Å². The van der Waals surface area contributed by atoms with Gasteiger partial charge >= 0.3 is 6.36 Å². The Morgan fingerprint density at radius 3 is 2.45 bits per heavy atom. The lowest BCUT2D eigenvalue weighted by atomic mass is 10.2. The summed E-state index contributed by atoms with van der Waals surface area (Å²) in [4.78, 5) is 1.50. The molecular formula is C19H18Cl2F3N3O3S. The number of ether oxygens (including phenoxy) is 1. The molecule has 168 valence electrons. The molecule has 1 N–H and O–H groups in total. The average Bonchev–Trinajstić information content (AvgIpc) is 3.12. The molecule has 0 amide bonds. The van der Waals surface area contributed by atoms with Gasteiger partial charge in [0.05, 0.1) is 5.52 Å². The SMILES string of the molecule is Cl.O=S(=O)(c1ccc(Cl)cc1OC(F)(F)F)n1ccc2c(N3CCNCC3)cccc21. The number of aromatic nitrogens is 1. The van der Waals surface area contributed by atoms with Crippen molar-refractivity contribution in [1.29, 1.82) is 0 Å². The monoisotopic (exact) mass is 495 g/mol. The number of alkyl halides is 3. The van der Waals surface area contributed by atoms with E-state index in [0.29, 0.717) is 10.9 Å². The highest BCUT2D eigenvalue weighted by Crippen LogP contribution is 2.36. The first-order valence-electron chi connectivity index (χ1n) is 9.03. The Balaban J connectivity index is 0.00000272. The van der Waals surface area contributed by atoms with Crippen LogP contribution in [0.1, 0.15) is 0 Å². The molecule has 1 aromatic heterocycles. The molecule has 31 heavy (non-hydrogen) atoms. The van der Waals surface area contributed by atoms with E-state index < -0.39 is 27.0 Å². The van der Waals surface area contributed by atoms with Crippen molar-refractivity contribution in [3.63, 3.8) is 0 Å². The van der Waals surface area contributed by atoms with Crippen LogP contribution in [0.15, 0.2) is 53.6 Å². The zero-order chi connectivity index (χ0) is 21.5. The highest BCUT2D eigenvalue weighted by molar-refractivity contribution is 7.90. The summed E-state index contributed by atoms with van der Waals surface area (Å²) in [7, 11) is -4.39. The first-order chi connectivity index (χ1) is 14.2. The van der Waals surface area contributed by atoms with Gasteiger partial charge in [-0.15, -0.1) is 25.6 Å². The Labute approximate surface area is 188 Å². The van der Waals surface area contributed by atoms with Crippen LogP contribution in [0.4, 0.5) is 18.9 Å². The number of nitrogens with one attached hydrogen (secondary N) is 1. The van der Waals surface area contributed by atoms with E-state index in [1.165, 1.54) is 12.3 Å². The van der Waals surface area contributed by atoms with Crippen molar-refractivity contribution in [1.82, 2.24) is 9.29 Å². The fourth-order valence-corrected chi connectivity index (χ4v) is 5.13. The van der Waals surface area contributed by atoms with Crippen molar-refractivity contribution in [2.24, 2.45) is 0 Å². The van der Waals surface area contributed by atoms with Crippen LogP contribution in [-0.4, -0.2) is 44.9 Å². The molecule has 3 aromatic rings. The quantitative estimate of drug-likeness (QED) is 0.585. The van der Waals surface area contributed by atoms with Crippen LogP contribution in [0.2, 0.25) is 5.02 Å². The summed E-state index contributed by atoms with van der Waals surface area (Å²) in [5, 5.41) is 3.87. The van der Waals surface area contributed by atoms with E-state index in [9.17, 15) is 21.6 Å². The summed E-state index contributed by atoms with van der Waals surface area (Å²) < 4.78 is 69.9. The third-order valence-corrected chi connectivity index (χ3v) is 6.76. The zero-order valence-electron chi connectivity index (χ0n) is 15.9. The number of rotatable bonds is 4. The summed E-state index contributed by atoms with van der Waals surface area (Å²) in [6.07, 6.45) is -3.74. The van der Waals surface area contributed by atoms with Crippen LogP contribution in [-0.2, 0) is 10.0 Å². The Morgan fingerprint density at radius 1 is 1.06 bits per heavy atom. The number of halogens is 5. The van der Waals surface area contributed by atoms with Crippen LogP contribution in [0, 0.1) is 0 Å². The van der Waals surface area contributed by atoms with Crippen molar-refractivity contribution in [2.75, 3.05) is 31.1 Å². The van der Waals surface area contributed by atoms with E-state index >= 15 is 0 Å². The molecule has 0 radical (unpaired) electrons. The molecule has 4 rings (SSSR count). The molecule has 1 aliphatic rings. The molecule has 1 aliphatic heterocycles. The lowest BCUT2D eigenvalue weighted by Gasteiger charge is -2.30. The largest absolute Gasteiger partial charge is 0.573 e. The van der Waals surface area contributed by atoms with E-state index in [2.05, 4.69) is 15.0 Å². The Kier molecular flexibility index (Phi) is 6.66. The molecule has 0 saturated carbocycles.